The van der Waals surface area contributed by atoms with Crippen molar-refractivity contribution in [2.75, 3.05) is 0 Å². The molecular weight excluding hydrogens is 332 g/mol. The van der Waals surface area contributed by atoms with E-state index in [4.69, 9.17) is 0 Å². The van der Waals surface area contributed by atoms with Crippen LogP contribution in [0.4, 0.5) is 0 Å². The first-order valence-electron chi connectivity index (χ1n) is 6.49. The number of carbonyl (C=O) groups is 1. The molecule has 0 spiro atoms. The number of aromatic nitrogens is 3. The third-order valence-corrected chi connectivity index (χ3v) is 3.75. The summed E-state index contributed by atoms with van der Waals surface area (Å²) in [6.07, 6.45) is 1.42. The molecule has 1 aromatic heterocycles. The molecule has 0 aliphatic rings. The van der Waals surface area contributed by atoms with Gasteiger partial charge in [0.05, 0.1) is 6.04 Å². The van der Waals surface area contributed by atoms with Gasteiger partial charge in [-0.1, -0.05) is 28.1 Å². The van der Waals surface area contributed by atoms with Crippen molar-refractivity contribution in [1.82, 2.24) is 20.5 Å². The van der Waals surface area contributed by atoms with Crippen LogP contribution in [0.1, 0.15) is 29.1 Å². The molecule has 0 radical (unpaired) electrons. The zero-order valence-electron chi connectivity index (χ0n) is 11.3. The van der Waals surface area contributed by atoms with Crippen LogP contribution >= 0.6 is 15.9 Å². The summed E-state index contributed by atoms with van der Waals surface area (Å²) in [6, 6.07) is 11.4. The lowest BCUT2D eigenvalue weighted by Crippen LogP contribution is -2.27. The van der Waals surface area contributed by atoms with Crippen molar-refractivity contribution in [3.05, 3.63) is 58.6 Å². The molecule has 3 aromatic rings. The van der Waals surface area contributed by atoms with Crippen molar-refractivity contribution < 1.29 is 4.79 Å². The summed E-state index contributed by atoms with van der Waals surface area (Å²) in [5.41, 5.74) is 0.621. The predicted octanol–water partition coefficient (Wildman–Crippen LogP) is 3.21. The minimum Gasteiger partial charge on any atom is -0.342 e. The molecule has 2 N–H and O–H groups in total. The minimum absolute atomic E-state index is 0.135. The van der Waals surface area contributed by atoms with Crippen LogP contribution in [0.2, 0.25) is 0 Å². The van der Waals surface area contributed by atoms with Gasteiger partial charge in [0, 0.05) is 10.0 Å². The molecule has 0 aliphatic heterocycles. The molecule has 0 fully saturated rings. The number of amides is 1. The van der Waals surface area contributed by atoms with Gasteiger partial charge in [0.1, 0.15) is 12.2 Å². The monoisotopic (exact) mass is 344 g/mol. The van der Waals surface area contributed by atoms with Gasteiger partial charge < -0.3 is 5.32 Å². The Morgan fingerprint density at radius 2 is 2.00 bits per heavy atom. The van der Waals surface area contributed by atoms with E-state index in [1.54, 1.807) is 0 Å². The van der Waals surface area contributed by atoms with Gasteiger partial charge >= 0.3 is 0 Å². The fourth-order valence-electron chi connectivity index (χ4n) is 2.13. The Labute approximate surface area is 129 Å². The normalized spacial score (nSPS) is 12.3. The van der Waals surface area contributed by atoms with Gasteiger partial charge in [-0.15, -0.1) is 0 Å². The summed E-state index contributed by atoms with van der Waals surface area (Å²) >= 11 is 3.44. The lowest BCUT2D eigenvalue weighted by Gasteiger charge is -2.11. The van der Waals surface area contributed by atoms with Crippen molar-refractivity contribution in [3.8, 4) is 0 Å². The van der Waals surface area contributed by atoms with E-state index in [-0.39, 0.29) is 11.9 Å². The van der Waals surface area contributed by atoms with Crippen LogP contribution in [0.3, 0.4) is 0 Å². The lowest BCUT2D eigenvalue weighted by molar-refractivity contribution is 0.0938. The summed E-state index contributed by atoms with van der Waals surface area (Å²) in [5.74, 6) is 0.497. The van der Waals surface area contributed by atoms with E-state index in [0.29, 0.717) is 11.4 Å². The Bertz CT molecular complexity index is 785. The second-order valence-corrected chi connectivity index (χ2v) is 5.69. The van der Waals surface area contributed by atoms with Gasteiger partial charge in [-0.05, 0) is 42.0 Å². The zero-order chi connectivity index (χ0) is 14.8. The molecular formula is C15H13BrN4O. The zero-order valence-corrected chi connectivity index (χ0v) is 12.9. The number of carbonyl (C=O) groups excluding carboxylic acids is 1. The molecule has 1 unspecified atom stereocenters. The van der Waals surface area contributed by atoms with Crippen LogP contribution < -0.4 is 5.32 Å². The molecule has 6 heteroatoms. The van der Waals surface area contributed by atoms with Crippen molar-refractivity contribution >= 4 is 32.6 Å². The van der Waals surface area contributed by atoms with Crippen LogP contribution in [0.25, 0.3) is 10.8 Å². The van der Waals surface area contributed by atoms with Crippen LogP contribution in [-0.4, -0.2) is 21.1 Å². The van der Waals surface area contributed by atoms with Crippen LogP contribution in [-0.2, 0) is 0 Å². The third-order valence-electron chi connectivity index (χ3n) is 3.26. The molecule has 5 nitrogen and oxygen atoms in total. The Morgan fingerprint density at radius 1 is 1.24 bits per heavy atom. The van der Waals surface area contributed by atoms with Gasteiger partial charge in [0.25, 0.3) is 5.91 Å². The van der Waals surface area contributed by atoms with Gasteiger partial charge in [0.15, 0.2) is 0 Å². The topological polar surface area (TPSA) is 70.7 Å². The van der Waals surface area contributed by atoms with E-state index in [0.717, 1.165) is 15.2 Å². The second-order valence-electron chi connectivity index (χ2n) is 4.77. The van der Waals surface area contributed by atoms with Gasteiger partial charge in [-0.3, -0.25) is 9.89 Å². The van der Waals surface area contributed by atoms with Crippen molar-refractivity contribution in [2.45, 2.75) is 13.0 Å². The predicted molar refractivity (Wildman–Crippen MR) is 83.9 cm³/mol. The van der Waals surface area contributed by atoms with E-state index in [1.807, 2.05) is 43.3 Å². The maximum absolute atomic E-state index is 12.3. The number of nitrogens with zero attached hydrogens (tertiary/aromatic N) is 2. The second kappa shape index (κ2) is 5.65. The quantitative estimate of drug-likeness (QED) is 0.766. The van der Waals surface area contributed by atoms with Gasteiger partial charge in [-0.25, -0.2) is 4.98 Å². The van der Waals surface area contributed by atoms with E-state index in [9.17, 15) is 4.79 Å². The number of halogens is 1. The fraction of sp³-hybridized carbons (Fsp3) is 0.133. The molecule has 3 rings (SSSR count). The number of benzene rings is 2. The van der Waals surface area contributed by atoms with E-state index in [2.05, 4.69) is 36.4 Å². The molecule has 1 atom stereocenters. The van der Waals surface area contributed by atoms with Crippen molar-refractivity contribution in [3.63, 3.8) is 0 Å². The highest BCUT2D eigenvalue weighted by molar-refractivity contribution is 9.10. The molecule has 21 heavy (non-hydrogen) atoms. The minimum atomic E-state index is -0.222. The van der Waals surface area contributed by atoms with Gasteiger partial charge in [0.2, 0.25) is 0 Å². The van der Waals surface area contributed by atoms with E-state index < -0.39 is 0 Å². The lowest BCUT2D eigenvalue weighted by atomic mass is 10.1. The molecule has 106 valence electrons. The first-order chi connectivity index (χ1) is 10.1. The molecule has 0 bridgehead atoms. The Balaban J connectivity index is 1.83. The fourth-order valence-corrected chi connectivity index (χ4v) is 2.51. The number of aromatic amines is 1. The van der Waals surface area contributed by atoms with E-state index in [1.165, 1.54) is 6.33 Å². The summed E-state index contributed by atoms with van der Waals surface area (Å²) in [4.78, 5) is 16.3. The number of nitrogens with one attached hydrogen (secondary N) is 2. The molecule has 0 saturated carbocycles. The first kappa shape index (κ1) is 13.8. The highest BCUT2D eigenvalue weighted by Gasteiger charge is 2.13. The highest BCUT2D eigenvalue weighted by Crippen LogP contribution is 2.21. The van der Waals surface area contributed by atoms with Crippen LogP contribution in [0.5, 0.6) is 0 Å². The summed E-state index contributed by atoms with van der Waals surface area (Å²) < 4.78 is 1.02. The Hall–Kier alpha value is -2.21. The molecule has 1 heterocycles. The number of fused-ring (bicyclic) bond motifs is 1. The standard InChI is InChI=1S/C15H13BrN4O/c1-9(14-17-8-18-20-14)19-15(21)12-3-2-11-7-13(16)5-4-10(11)6-12/h2-9H,1H3,(H,19,21)(H,17,18,20). The summed E-state index contributed by atoms with van der Waals surface area (Å²) in [5, 5.41) is 11.5. The number of hydrogen-bond donors (Lipinski definition) is 2. The highest BCUT2D eigenvalue weighted by atomic mass is 79.9. The number of rotatable bonds is 3. The van der Waals surface area contributed by atoms with Crippen LogP contribution in [0, 0.1) is 0 Å². The number of hydrogen-bond acceptors (Lipinski definition) is 3. The maximum Gasteiger partial charge on any atom is 0.251 e. The average Bonchev–Trinajstić information content (AvgIpc) is 3.01. The average molecular weight is 345 g/mol. The molecule has 0 aliphatic carbocycles. The summed E-state index contributed by atoms with van der Waals surface area (Å²) in [7, 11) is 0. The summed E-state index contributed by atoms with van der Waals surface area (Å²) in [6.45, 7) is 1.86. The first-order valence-corrected chi connectivity index (χ1v) is 7.28. The van der Waals surface area contributed by atoms with Gasteiger partial charge in [-0.2, -0.15) is 5.10 Å². The van der Waals surface area contributed by atoms with Crippen molar-refractivity contribution in [2.24, 2.45) is 0 Å². The molecule has 1 amide bonds. The molecule has 2 aromatic carbocycles. The Morgan fingerprint density at radius 3 is 2.76 bits per heavy atom. The Kier molecular flexibility index (Phi) is 3.70. The number of H-pyrrole nitrogens is 1. The van der Waals surface area contributed by atoms with Crippen LogP contribution in [0.15, 0.2) is 47.2 Å². The third kappa shape index (κ3) is 2.95. The largest absolute Gasteiger partial charge is 0.342 e. The smallest absolute Gasteiger partial charge is 0.251 e. The van der Waals surface area contributed by atoms with Crippen molar-refractivity contribution in [1.29, 1.82) is 0 Å². The molecule has 0 saturated heterocycles. The maximum atomic E-state index is 12.3. The SMILES string of the molecule is CC(NC(=O)c1ccc2cc(Br)ccc2c1)c1ncn[nH]1. The van der Waals surface area contributed by atoms with E-state index >= 15 is 0 Å².